The summed E-state index contributed by atoms with van der Waals surface area (Å²) >= 11 is 0. The van der Waals surface area contributed by atoms with E-state index >= 15 is 0 Å². The number of carbonyl (C=O) groups is 1. The molecule has 5 heteroatoms. The lowest BCUT2D eigenvalue weighted by Gasteiger charge is -2.17. The van der Waals surface area contributed by atoms with Crippen LogP contribution in [0.1, 0.15) is 39.3 Å². The Morgan fingerprint density at radius 1 is 1.14 bits per heavy atom. The zero-order valence-corrected chi connectivity index (χ0v) is 16.0. The first-order valence-corrected chi connectivity index (χ1v) is 9.85. The van der Waals surface area contributed by atoms with Gasteiger partial charge in [-0.2, -0.15) is 5.10 Å². The summed E-state index contributed by atoms with van der Waals surface area (Å²) in [6, 6.07) is 14.1. The van der Waals surface area contributed by atoms with Crippen molar-refractivity contribution in [2.24, 2.45) is 0 Å². The molecule has 2 heterocycles. The molecule has 1 aliphatic heterocycles. The average molecular weight is 373 g/mol. The first kappa shape index (κ1) is 17.0. The number of hydrogen-bond acceptors (Lipinski definition) is 3. The number of aromatic nitrogens is 2. The third kappa shape index (κ3) is 2.97. The predicted octanol–water partition coefficient (Wildman–Crippen LogP) is 3.77. The van der Waals surface area contributed by atoms with Crippen molar-refractivity contribution >= 4 is 5.91 Å². The standard InChI is InChI=1S/C23H23N3O2/c1-26(14-21-19-6-3-7-20(19)24-25-21)23(27)18-5-2-4-16(12-18)17-9-8-15-10-11-28-22(15)13-17/h2,4-5,8-9,12-13H,3,6-7,10-11,14H2,1H3,(H,24,25). The molecule has 5 rings (SSSR count). The summed E-state index contributed by atoms with van der Waals surface area (Å²) in [5.74, 6) is 0.966. The van der Waals surface area contributed by atoms with Gasteiger partial charge in [0.15, 0.2) is 0 Å². The van der Waals surface area contributed by atoms with Crippen molar-refractivity contribution in [1.29, 1.82) is 0 Å². The summed E-state index contributed by atoms with van der Waals surface area (Å²) in [6.45, 7) is 1.28. The van der Waals surface area contributed by atoms with Crippen LogP contribution in [-0.2, 0) is 25.8 Å². The predicted molar refractivity (Wildman–Crippen MR) is 107 cm³/mol. The minimum absolute atomic E-state index is 0.00834. The van der Waals surface area contributed by atoms with Crippen molar-refractivity contribution in [1.82, 2.24) is 15.1 Å². The van der Waals surface area contributed by atoms with Crippen LogP contribution in [0.3, 0.4) is 0 Å². The maximum Gasteiger partial charge on any atom is 0.253 e. The average Bonchev–Trinajstić information content (AvgIpc) is 3.45. The Balaban J connectivity index is 1.37. The Kier molecular flexibility index (Phi) is 4.15. The molecule has 3 aromatic rings. The molecule has 0 spiro atoms. The number of aryl methyl sites for hydroxylation is 1. The van der Waals surface area contributed by atoms with Gasteiger partial charge in [-0.15, -0.1) is 0 Å². The van der Waals surface area contributed by atoms with Crippen molar-refractivity contribution in [3.8, 4) is 16.9 Å². The van der Waals surface area contributed by atoms with Gasteiger partial charge in [-0.1, -0.05) is 24.3 Å². The Labute approximate surface area is 164 Å². The summed E-state index contributed by atoms with van der Waals surface area (Å²) in [5, 5.41) is 7.54. The van der Waals surface area contributed by atoms with Gasteiger partial charge in [-0.25, -0.2) is 0 Å². The van der Waals surface area contributed by atoms with Gasteiger partial charge in [-0.3, -0.25) is 9.89 Å². The first-order chi connectivity index (χ1) is 13.7. The quantitative estimate of drug-likeness (QED) is 0.757. The molecule has 0 radical (unpaired) electrons. The molecule has 0 atom stereocenters. The van der Waals surface area contributed by atoms with Crippen LogP contribution in [0.4, 0.5) is 0 Å². The van der Waals surface area contributed by atoms with E-state index in [1.165, 1.54) is 23.2 Å². The number of aromatic amines is 1. The summed E-state index contributed by atoms with van der Waals surface area (Å²) in [4.78, 5) is 14.8. The summed E-state index contributed by atoms with van der Waals surface area (Å²) in [7, 11) is 1.84. The van der Waals surface area contributed by atoms with Gasteiger partial charge in [-0.05, 0) is 59.7 Å². The van der Waals surface area contributed by atoms with Crippen LogP contribution in [0.15, 0.2) is 42.5 Å². The van der Waals surface area contributed by atoms with E-state index in [1.54, 1.807) is 4.90 Å². The van der Waals surface area contributed by atoms with Crippen LogP contribution in [-0.4, -0.2) is 34.7 Å². The van der Waals surface area contributed by atoms with Crippen LogP contribution in [0, 0.1) is 0 Å². The van der Waals surface area contributed by atoms with E-state index in [9.17, 15) is 4.79 Å². The number of carbonyl (C=O) groups excluding carboxylic acids is 1. The third-order valence-corrected chi connectivity index (χ3v) is 5.76. The highest BCUT2D eigenvalue weighted by molar-refractivity contribution is 5.95. The number of nitrogens with zero attached hydrogens (tertiary/aromatic N) is 2. The van der Waals surface area contributed by atoms with Crippen LogP contribution >= 0.6 is 0 Å². The Morgan fingerprint density at radius 2 is 2.04 bits per heavy atom. The highest BCUT2D eigenvalue weighted by Gasteiger charge is 2.21. The SMILES string of the molecule is CN(Cc1n[nH]c2c1CCC2)C(=O)c1cccc(-c2ccc3c(c2)OCC3)c1. The van der Waals surface area contributed by atoms with Crippen molar-refractivity contribution in [2.45, 2.75) is 32.2 Å². The van der Waals surface area contributed by atoms with Crippen molar-refractivity contribution in [2.75, 3.05) is 13.7 Å². The van der Waals surface area contributed by atoms with Gasteiger partial charge >= 0.3 is 0 Å². The Hall–Kier alpha value is -3.08. The van der Waals surface area contributed by atoms with E-state index in [2.05, 4.69) is 28.4 Å². The van der Waals surface area contributed by atoms with E-state index in [0.29, 0.717) is 12.1 Å². The maximum absolute atomic E-state index is 13.0. The number of benzene rings is 2. The van der Waals surface area contributed by atoms with Gasteiger partial charge in [0.05, 0.1) is 18.8 Å². The molecule has 2 aromatic carbocycles. The molecule has 1 aromatic heterocycles. The van der Waals surface area contributed by atoms with Gasteiger partial charge in [0.25, 0.3) is 5.91 Å². The van der Waals surface area contributed by atoms with Crippen LogP contribution in [0.2, 0.25) is 0 Å². The lowest BCUT2D eigenvalue weighted by Crippen LogP contribution is -2.26. The molecule has 0 bridgehead atoms. The Bertz CT molecular complexity index is 1050. The first-order valence-electron chi connectivity index (χ1n) is 9.85. The molecular weight excluding hydrogens is 350 g/mol. The topological polar surface area (TPSA) is 58.2 Å². The van der Waals surface area contributed by atoms with E-state index in [1.807, 2.05) is 31.3 Å². The minimum atomic E-state index is 0.00834. The maximum atomic E-state index is 13.0. The fourth-order valence-corrected chi connectivity index (χ4v) is 4.21. The molecule has 0 saturated heterocycles. The van der Waals surface area contributed by atoms with E-state index < -0.39 is 0 Å². The lowest BCUT2D eigenvalue weighted by atomic mass is 10.0. The molecular formula is C23H23N3O2. The zero-order valence-electron chi connectivity index (χ0n) is 16.0. The van der Waals surface area contributed by atoms with Gasteiger partial charge < -0.3 is 9.64 Å². The van der Waals surface area contributed by atoms with E-state index in [0.717, 1.165) is 48.4 Å². The van der Waals surface area contributed by atoms with E-state index in [-0.39, 0.29) is 5.91 Å². The Morgan fingerprint density at radius 3 is 2.96 bits per heavy atom. The monoisotopic (exact) mass is 373 g/mol. The largest absolute Gasteiger partial charge is 0.493 e. The van der Waals surface area contributed by atoms with E-state index in [4.69, 9.17) is 4.74 Å². The molecule has 28 heavy (non-hydrogen) atoms. The molecule has 0 fully saturated rings. The number of amides is 1. The number of fused-ring (bicyclic) bond motifs is 2. The number of H-pyrrole nitrogens is 1. The highest BCUT2D eigenvalue weighted by atomic mass is 16.5. The number of ether oxygens (including phenoxy) is 1. The van der Waals surface area contributed by atoms with Gasteiger partial charge in [0.2, 0.25) is 0 Å². The van der Waals surface area contributed by atoms with Gasteiger partial charge in [0, 0.05) is 24.7 Å². The molecule has 1 amide bonds. The molecule has 0 unspecified atom stereocenters. The zero-order chi connectivity index (χ0) is 19.1. The molecule has 1 aliphatic carbocycles. The number of hydrogen-bond donors (Lipinski definition) is 1. The second-order valence-electron chi connectivity index (χ2n) is 7.64. The van der Waals surface area contributed by atoms with Gasteiger partial charge in [0.1, 0.15) is 5.75 Å². The second-order valence-corrected chi connectivity index (χ2v) is 7.64. The number of rotatable bonds is 4. The highest BCUT2D eigenvalue weighted by Crippen LogP contribution is 2.31. The summed E-state index contributed by atoms with van der Waals surface area (Å²) < 4.78 is 5.69. The summed E-state index contributed by atoms with van der Waals surface area (Å²) in [5.41, 5.74) is 7.57. The molecule has 1 N–H and O–H groups in total. The fourth-order valence-electron chi connectivity index (χ4n) is 4.21. The normalized spacial score (nSPS) is 14.5. The summed E-state index contributed by atoms with van der Waals surface area (Å²) in [6.07, 6.45) is 4.25. The fraction of sp³-hybridized carbons (Fsp3) is 0.304. The smallest absolute Gasteiger partial charge is 0.253 e. The molecule has 0 saturated carbocycles. The molecule has 5 nitrogen and oxygen atoms in total. The van der Waals surface area contributed by atoms with Crippen LogP contribution in [0.25, 0.3) is 11.1 Å². The number of nitrogens with one attached hydrogen (secondary N) is 1. The molecule has 142 valence electrons. The van der Waals surface area contributed by atoms with Crippen molar-refractivity contribution in [3.05, 3.63) is 70.5 Å². The lowest BCUT2D eigenvalue weighted by molar-refractivity contribution is 0.0783. The van der Waals surface area contributed by atoms with Crippen molar-refractivity contribution < 1.29 is 9.53 Å². The van der Waals surface area contributed by atoms with Crippen LogP contribution < -0.4 is 4.74 Å². The third-order valence-electron chi connectivity index (χ3n) is 5.76. The van der Waals surface area contributed by atoms with Crippen LogP contribution in [0.5, 0.6) is 5.75 Å². The van der Waals surface area contributed by atoms with Crippen molar-refractivity contribution in [3.63, 3.8) is 0 Å². The minimum Gasteiger partial charge on any atom is -0.493 e. The molecule has 2 aliphatic rings. The second kappa shape index (κ2) is 6.82.